The molecule has 0 amide bonds. The van der Waals surface area contributed by atoms with Gasteiger partial charge in [-0.1, -0.05) is 34.8 Å². The Labute approximate surface area is 240 Å². The Bertz CT molecular complexity index is 1570. The van der Waals surface area contributed by atoms with E-state index in [-0.39, 0.29) is 0 Å². The van der Waals surface area contributed by atoms with Crippen LogP contribution in [-0.4, -0.2) is 15.0 Å². The van der Waals surface area contributed by atoms with E-state index in [1.54, 1.807) is 55.0 Å². The van der Waals surface area contributed by atoms with Gasteiger partial charge >= 0.3 is 0 Å². The van der Waals surface area contributed by atoms with Crippen molar-refractivity contribution in [3.05, 3.63) is 122 Å². The Balaban J connectivity index is 1.93. The van der Waals surface area contributed by atoms with Crippen molar-refractivity contribution in [1.29, 1.82) is 15.8 Å². The van der Waals surface area contributed by atoms with Crippen LogP contribution in [0.2, 0.25) is 15.1 Å². The number of aromatic nitrogens is 3. The van der Waals surface area contributed by atoms with Crippen LogP contribution in [0, 0.1) is 34.0 Å². The first-order chi connectivity index (χ1) is 18.9. The molecule has 0 aliphatic heterocycles. The summed E-state index contributed by atoms with van der Waals surface area (Å²) >= 11 is 18.9. The van der Waals surface area contributed by atoms with Crippen LogP contribution in [0.5, 0.6) is 0 Å². The molecule has 3 heterocycles. The molecule has 0 aliphatic carbocycles. The Kier molecular flexibility index (Phi) is 8.85. The van der Waals surface area contributed by atoms with Crippen LogP contribution in [0.4, 0.5) is 0 Å². The molecule has 0 bridgehead atoms. The molecule has 0 saturated carbocycles. The smallest absolute Gasteiger partial charge is 0.0998 e. The van der Waals surface area contributed by atoms with Gasteiger partial charge in [0, 0.05) is 53.9 Å². The van der Waals surface area contributed by atoms with Crippen molar-refractivity contribution < 1.29 is 0 Å². The zero-order chi connectivity index (χ0) is 27.8. The van der Waals surface area contributed by atoms with E-state index in [1.807, 2.05) is 18.2 Å². The molecule has 0 unspecified atom stereocenters. The summed E-state index contributed by atoms with van der Waals surface area (Å²) in [6, 6.07) is 16.9. The zero-order valence-electron chi connectivity index (χ0n) is 20.0. The molecule has 9 heteroatoms. The number of halogens is 3. The molecule has 0 N–H and O–H groups in total. The molecule has 1 aromatic carbocycles. The van der Waals surface area contributed by atoms with Gasteiger partial charge in [-0.2, -0.15) is 15.8 Å². The Morgan fingerprint density at radius 2 is 0.821 bits per heavy atom. The Morgan fingerprint density at radius 3 is 1.05 bits per heavy atom. The van der Waals surface area contributed by atoms with Crippen LogP contribution >= 0.6 is 34.8 Å². The van der Waals surface area contributed by atoms with Gasteiger partial charge in [-0.15, -0.1) is 0 Å². The lowest BCUT2D eigenvalue weighted by atomic mass is 9.97. The van der Waals surface area contributed by atoms with Crippen molar-refractivity contribution in [3.8, 4) is 18.2 Å². The minimum absolute atomic E-state index is 0.314. The second kappa shape index (κ2) is 12.7. The maximum absolute atomic E-state index is 9.88. The molecule has 6 nitrogen and oxygen atoms in total. The van der Waals surface area contributed by atoms with E-state index in [2.05, 4.69) is 33.2 Å². The largest absolute Gasteiger partial charge is 0.263 e. The quantitative estimate of drug-likeness (QED) is 0.219. The van der Waals surface area contributed by atoms with Gasteiger partial charge in [-0.3, -0.25) is 15.0 Å². The maximum Gasteiger partial charge on any atom is 0.0998 e. The van der Waals surface area contributed by atoms with Crippen LogP contribution in [0.1, 0.15) is 33.4 Å². The van der Waals surface area contributed by atoms with E-state index >= 15 is 0 Å². The molecule has 0 aliphatic rings. The van der Waals surface area contributed by atoms with Crippen molar-refractivity contribution in [2.75, 3.05) is 0 Å². The normalized spacial score (nSPS) is 11.8. The molecule has 4 aromatic rings. The average Bonchev–Trinajstić information content (AvgIpc) is 2.94. The number of rotatable bonds is 6. The summed E-state index contributed by atoms with van der Waals surface area (Å²) in [7, 11) is 0. The first-order valence-electron chi connectivity index (χ1n) is 11.2. The van der Waals surface area contributed by atoms with Crippen LogP contribution in [-0.2, 0) is 0 Å². The van der Waals surface area contributed by atoms with E-state index < -0.39 is 0 Å². The number of benzene rings is 1. The highest BCUT2D eigenvalue weighted by atomic mass is 35.5. The van der Waals surface area contributed by atoms with Gasteiger partial charge in [0.05, 0.1) is 50.0 Å². The molecule has 0 saturated heterocycles. The predicted molar refractivity (Wildman–Crippen MR) is 155 cm³/mol. The summed E-state index contributed by atoms with van der Waals surface area (Å²) in [4.78, 5) is 11.9. The van der Waals surface area contributed by atoms with Crippen molar-refractivity contribution >= 4 is 69.8 Å². The summed E-state index contributed by atoms with van der Waals surface area (Å²) in [5.41, 5.74) is 4.41. The minimum Gasteiger partial charge on any atom is -0.263 e. The fourth-order valence-electron chi connectivity index (χ4n) is 3.74. The Morgan fingerprint density at radius 1 is 0.538 bits per heavy atom. The SMILES string of the molecule is N#C/C(=C\c1cc(/C=C(\C#N)c2ccncc2Cl)cc(/C=C(\C#N)c2ccncc2Cl)c1)c1ccncc1Cl. The van der Waals surface area contributed by atoms with Crippen LogP contribution in [0.15, 0.2) is 73.6 Å². The lowest BCUT2D eigenvalue weighted by Crippen LogP contribution is -1.90. The molecule has 4 rings (SSSR count). The van der Waals surface area contributed by atoms with E-state index in [0.717, 1.165) is 0 Å². The van der Waals surface area contributed by atoms with Gasteiger partial charge in [0.1, 0.15) is 0 Å². The number of hydrogen-bond donors (Lipinski definition) is 0. The second-order valence-electron chi connectivity index (χ2n) is 8.01. The second-order valence-corrected chi connectivity index (χ2v) is 9.23. The third kappa shape index (κ3) is 6.57. The third-order valence-corrected chi connectivity index (χ3v) is 6.39. The minimum atomic E-state index is 0.314. The third-order valence-electron chi connectivity index (χ3n) is 5.48. The first-order valence-corrected chi connectivity index (χ1v) is 12.4. The fraction of sp³-hybridized carbons (Fsp3) is 0. The number of nitrogens with zero attached hydrogens (tertiary/aromatic N) is 6. The van der Waals surface area contributed by atoms with Gasteiger partial charge in [0.15, 0.2) is 0 Å². The lowest BCUT2D eigenvalue weighted by molar-refractivity contribution is 1.32. The molecular formula is C30H15Cl3N6. The lowest BCUT2D eigenvalue weighted by Gasteiger charge is -2.08. The summed E-state index contributed by atoms with van der Waals surface area (Å²) in [5.74, 6) is 0. The summed E-state index contributed by atoms with van der Waals surface area (Å²) in [5, 5.41) is 30.6. The molecule has 39 heavy (non-hydrogen) atoms. The van der Waals surface area contributed by atoms with Gasteiger partial charge in [0.2, 0.25) is 0 Å². The number of pyridine rings is 3. The molecule has 0 radical (unpaired) electrons. The summed E-state index contributed by atoms with van der Waals surface area (Å²) < 4.78 is 0. The highest BCUT2D eigenvalue weighted by Gasteiger charge is 2.11. The molecule has 0 atom stereocenters. The topological polar surface area (TPSA) is 110 Å². The number of nitriles is 3. The van der Waals surface area contributed by atoms with Crippen molar-refractivity contribution in [2.24, 2.45) is 0 Å². The summed E-state index contributed by atoms with van der Waals surface area (Å²) in [6.45, 7) is 0. The Hall–Kier alpha value is -4.77. The zero-order valence-corrected chi connectivity index (χ0v) is 22.2. The van der Waals surface area contributed by atoms with E-state index in [0.29, 0.717) is 65.2 Å². The van der Waals surface area contributed by atoms with E-state index in [9.17, 15) is 15.8 Å². The average molecular weight is 566 g/mol. The van der Waals surface area contributed by atoms with Crippen LogP contribution in [0.25, 0.3) is 34.9 Å². The van der Waals surface area contributed by atoms with Gasteiger partial charge in [-0.05, 0) is 71.3 Å². The van der Waals surface area contributed by atoms with Crippen molar-refractivity contribution in [3.63, 3.8) is 0 Å². The molecule has 3 aromatic heterocycles. The van der Waals surface area contributed by atoms with Crippen LogP contribution in [0.3, 0.4) is 0 Å². The number of allylic oxidation sites excluding steroid dienone is 3. The van der Waals surface area contributed by atoms with Gasteiger partial charge in [0.25, 0.3) is 0 Å². The van der Waals surface area contributed by atoms with E-state index in [1.165, 1.54) is 18.6 Å². The van der Waals surface area contributed by atoms with Gasteiger partial charge in [-0.25, -0.2) is 0 Å². The molecule has 0 spiro atoms. The summed E-state index contributed by atoms with van der Waals surface area (Å²) in [6.07, 6.45) is 14.1. The predicted octanol–water partition coefficient (Wildman–Crippen LogP) is 8.02. The maximum atomic E-state index is 9.88. The first kappa shape index (κ1) is 27.3. The van der Waals surface area contributed by atoms with Crippen molar-refractivity contribution in [2.45, 2.75) is 0 Å². The number of hydrogen-bond acceptors (Lipinski definition) is 6. The highest BCUT2D eigenvalue weighted by Crippen LogP contribution is 2.30. The van der Waals surface area contributed by atoms with E-state index in [4.69, 9.17) is 34.8 Å². The van der Waals surface area contributed by atoms with Crippen molar-refractivity contribution in [1.82, 2.24) is 15.0 Å². The van der Waals surface area contributed by atoms with Gasteiger partial charge < -0.3 is 0 Å². The molecular weight excluding hydrogens is 551 g/mol. The fourth-order valence-corrected chi connectivity index (χ4v) is 4.41. The molecule has 186 valence electrons. The molecule has 0 fully saturated rings. The highest BCUT2D eigenvalue weighted by molar-refractivity contribution is 6.33. The van der Waals surface area contributed by atoms with Crippen LogP contribution < -0.4 is 0 Å². The standard InChI is InChI=1S/C30H15Cl3N6/c31-28-16-37-4-1-25(28)22(13-34)10-19-7-20(11-23(14-35)26-2-5-38-17-29(26)32)9-21(8-19)12-24(15-36)27-3-6-39-18-30(27)33/h1-12,16-18H/b22-10+,23-11+,24-12+. The monoisotopic (exact) mass is 564 g/mol.